The number of hydrogen-bond donors (Lipinski definition) is 1. The first kappa shape index (κ1) is 14.2. The fourth-order valence-electron chi connectivity index (χ4n) is 3.58. The molecule has 0 unspecified atom stereocenters. The van der Waals surface area contributed by atoms with Gasteiger partial charge in [-0.3, -0.25) is 9.59 Å². The minimum absolute atomic E-state index is 0.230. The number of fused-ring (bicyclic) bond motifs is 5. The third kappa shape index (κ3) is 1.62. The molecule has 4 atom stereocenters. The van der Waals surface area contributed by atoms with Crippen molar-refractivity contribution < 1.29 is 19.4 Å². The van der Waals surface area contributed by atoms with Crippen molar-refractivity contribution in [2.75, 3.05) is 11.5 Å². The number of rotatable bonds is 2. The van der Waals surface area contributed by atoms with Gasteiger partial charge < -0.3 is 9.84 Å². The second-order valence-electron chi connectivity index (χ2n) is 5.67. The molecule has 2 saturated heterocycles. The Morgan fingerprint density at radius 2 is 2.05 bits per heavy atom. The summed E-state index contributed by atoms with van der Waals surface area (Å²) < 4.78 is 5.67. The molecule has 0 radical (unpaired) electrons. The van der Waals surface area contributed by atoms with Crippen LogP contribution in [-0.4, -0.2) is 35.2 Å². The van der Waals surface area contributed by atoms with E-state index in [1.54, 1.807) is 24.3 Å². The first-order valence-corrected chi connectivity index (χ1v) is 7.55. The van der Waals surface area contributed by atoms with Gasteiger partial charge in [0.15, 0.2) is 0 Å². The number of amides is 2. The van der Waals surface area contributed by atoms with Gasteiger partial charge in [-0.2, -0.15) is 0 Å². The SMILES string of the molecule is O=C1[C@H]2[C@H]3C=C[C@@](CO)(O3)[C@H]2C(=O)N1c1ccc(Cl)cc1Cl. The normalized spacial score (nSPS) is 35.6. The highest BCUT2D eigenvalue weighted by Gasteiger charge is 2.67. The zero-order valence-corrected chi connectivity index (χ0v) is 12.7. The molecule has 2 fully saturated rings. The van der Waals surface area contributed by atoms with Crippen LogP contribution in [0.1, 0.15) is 0 Å². The highest BCUT2D eigenvalue weighted by atomic mass is 35.5. The van der Waals surface area contributed by atoms with Crippen molar-refractivity contribution in [2.45, 2.75) is 11.7 Å². The molecule has 0 aliphatic carbocycles. The minimum Gasteiger partial charge on any atom is -0.393 e. The fourth-order valence-corrected chi connectivity index (χ4v) is 4.08. The van der Waals surface area contributed by atoms with Crippen molar-refractivity contribution in [3.63, 3.8) is 0 Å². The summed E-state index contributed by atoms with van der Waals surface area (Å²) in [5.74, 6) is -2.09. The highest BCUT2D eigenvalue weighted by Crippen LogP contribution is 2.52. The molecule has 1 N–H and O–H groups in total. The van der Waals surface area contributed by atoms with Gasteiger partial charge in [0.05, 0.1) is 35.3 Å². The first-order valence-electron chi connectivity index (χ1n) is 6.79. The number of hydrogen-bond acceptors (Lipinski definition) is 4. The maximum Gasteiger partial charge on any atom is 0.241 e. The van der Waals surface area contributed by atoms with E-state index in [-0.39, 0.29) is 17.5 Å². The predicted octanol–water partition coefficient (Wildman–Crippen LogP) is 1.80. The van der Waals surface area contributed by atoms with Gasteiger partial charge >= 0.3 is 0 Å². The van der Waals surface area contributed by atoms with Crippen LogP contribution < -0.4 is 4.90 Å². The maximum absolute atomic E-state index is 12.8. The molecular weight excluding hydrogens is 329 g/mol. The summed E-state index contributed by atoms with van der Waals surface area (Å²) in [5.41, 5.74) is -0.793. The van der Waals surface area contributed by atoms with Gasteiger partial charge in [0.1, 0.15) is 5.60 Å². The monoisotopic (exact) mass is 339 g/mol. The molecule has 3 aliphatic heterocycles. The Morgan fingerprint density at radius 1 is 1.27 bits per heavy atom. The summed E-state index contributed by atoms with van der Waals surface area (Å²) in [5, 5.41) is 10.3. The van der Waals surface area contributed by atoms with E-state index in [0.29, 0.717) is 10.7 Å². The summed E-state index contributed by atoms with van der Waals surface area (Å²) in [6.45, 7) is -0.345. The van der Waals surface area contributed by atoms with E-state index >= 15 is 0 Å². The summed E-state index contributed by atoms with van der Waals surface area (Å²) in [6.07, 6.45) is 2.93. The van der Waals surface area contributed by atoms with Crippen LogP contribution in [0, 0.1) is 11.8 Å². The third-order valence-electron chi connectivity index (χ3n) is 4.55. The molecule has 3 heterocycles. The van der Waals surface area contributed by atoms with Gasteiger partial charge in [-0.1, -0.05) is 35.4 Å². The Kier molecular flexibility index (Phi) is 2.94. The lowest BCUT2D eigenvalue weighted by Crippen LogP contribution is -2.43. The average Bonchev–Trinajstić information content (AvgIpc) is 3.12. The number of aliphatic hydroxyl groups is 1. The lowest BCUT2D eigenvalue weighted by atomic mass is 9.77. The van der Waals surface area contributed by atoms with Crippen LogP contribution in [0.15, 0.2) is 30.4 Å². The Morgan fingerprint density at radius 3 is 2.73 bits per heavy atom. The molecule has 0 aromatic heterocycles. The maximum atomic E-state index is 12.8. The molecule has 22 heavy (non-hydrogen) atoms. The third-order valence-corrected chi connectivity index (χ3v) is 5.09. The highest BCUT2D eigenvalue weighted by molar-refractivity contribution is 6.38. The molecule has 2 amide bonds. The summed E-state index contributed by atoms with van der Waals surface area (Å²) in [6, 6.07) is 4.60. The lowest BCUT2D eigenvalue weighted by Gasteiger charge is -2.26. The van der Waals surface area contributed by atoms with E-state index in [1.165, 1.54) is 6.07 Å². The molecule has 1 aromatic carbocycles. The van der Waals surface area contributed by atoms with E-state index in [0.717, 1.165) is 4.90 Å². The lowest BCUT2D eigenvalue weighted by molar-refractivity contribution is -0.128. The topological polar surface area (TPSA) is 66.8 Å². The van der Waals surface area contributed by atoms with Crippen LogP contribution >= 0.6 is 23.2 Å². The van der Waals surface area contributed by atoms with Crippen LogP contribution in [0.3, 0.4) is 0 Å². The molecule has 7 heteroatoms. The van der Waals surface area contributed by atoms with Crippen molar-refractivity contribution in [3.8, 4) is 0 Å². The zero-order valence-electron chi connectivity index (χ0n) is 11.2. The van der Waals surface area contributed by atoms with Crippen LogP contribution in [0.4, 0.5) is 5.69 Å². The van der Waals surface area contributed by atoms with E-state index in [1.807, 2.05) is 0 Å². The first-order chi connectivity index (χ1) is 10.5. The van der Waals surface area contributed by atoms with Crippen LogP contribution in [-0.2, 0) is 14.3 Å². The number of anilines is 1. The largest absolute Gasteiger partial charge is 0.393 e. The number of imide groups is 1. The van der Waals surface area contributed by atoms with E-state index < -0.39 is 29.4 Å². The minimum atomic E-state index is -1.10. The number of benzene rings is 1. The average molecular weight is 340 g/mol. The van der Waals surface area contributed by atoms with Gasteiger partial charge in [0, 0.05) is 5.02 Å². The van der Waals surface area contributed by atoms with Crippen molar-refractivity contribution in [2.24, 2.45) is 11.8 Å². The smallest absolute Gasteiger partial charge is 0.241 e. The summed E-state index contributed by atoms with van der Waals surface area (Å²) in [4.78, 5) is 26.6. The summed E-state index contributed by atoms with van der Waals surface area (Å²) >= 11 is 12.0. The quantitative estimate of drug-likeness (QED) is 0.659. The molecule has 0 saturated carbocycles. The molecule has 1 aromatic rings. The Bertz CT molecular complexity index is 734. The van der Waals surface area contributed by atoms with Gasteiger partial charge in [-0.15, -0.1) is 0 Å². The van der Waals surface area contributed by atoms with E-state index in [2.05, 4.69) is 0 Å². The number of aliphatic hydroxyl groups excluding tert-OH is 1. The van der Waals surface area contributed by atoms with Crippen molar-refractivity contribution in [1.29, 1.82) is 0 Å². The second kappa shape index (κ2) is 4.55. The van der Waals surface area contributed by atoms with Gasteiger partial charge in [-0.05, 0) is 18.2 Å². The zero-order chi connectivity index (χ0) is 15.6. The van der Waals surface area contributed by atoms with Crippen LogP contribution in [0.5, 0.6) is 0 Å². The van der Waals surface area contributed by atoms with E-state index in [9.17, 15) is 14.7 Å². The van der Waals surface area contributed by atoms with Crippen molar-refractivity contribution in [1.82, 2.24) is 0 Å². The van der Waals surface area contributed by atoms with Crippen LogP contribution in [0.25, 0.3) is 0 Å². The molecule has 114 valence electrons. The predicted molar refractivity (Wildman–Crippen MR) is 79.8 cm³/mol. The molecular formula is C15H11Cl2NO4. The number of carbonyl (C=O) groups is 2. The van der Waals surface area contributed by atoms with Crippen molar-refractivity contribution >= 4 is 40.7 Å². The Labute approximate surface area is 136 Å². The Balaban J connectivity index is 1.79. The van der Waals surface area contributed by atoms with Gasteiger partial charge in [0.25, 0.3) is 0 Å². The number of carbonyl (C=O) groups excluding carboxylic acids is 2. The molecule has 2 bridgehead atoms. The van der Waals surface area contributed by atoms with Gasteiger partial charge in [0.2, 0.25) is 11.8 Å². The molecule has 0 spiro atoms. The Hall–Kier alpha value is -1.40. The summed E-state index contributed by atoms with van der Waals surface area (Å²) in [7, 11) is 0. The number of ether oxygens (including phenoxy) is 1. The second-order valence-corrected chi connectivity index (χ2v) is 6.51. The van der Waals surface area contributed by atoms with Gasteiger partial charge in [-0.25, -0.2) is 4.90 Å². The fraction of sp³-hybridized carbons (Fsp3) is 0.333. The standard InChI is InChI=1S/C15H11Cl2NO4/c16-7-1-2-9(8(17)5-7)18-13(20)11-10-3-4-15(6-19,22-10)12(11)14(18)21/h1-5,10-12,19H,6H2/t10-,11+,12-,15+/m1/s1. The molecule has 5 nitrogen and oxygen atoms in total. The molecule has 3 aliphatic rings. The number of nitrogens with zero attached hydrogens (tertiary/aromatic N) is 1. The number of halogens is 2. The van der Waals surface area contributed by atoms with E-state index in [4.69, 9.17) is 27.9 Å². The molecule has 4 rings (SSSR count). The van der Waals surface area contributed by atoms with Crippen molar-refractivity contribution in [3.05, 3.63) is 40.4 Å². The van der Waals surface area contributed by atoms with Crippen LogP contribution in [0.2, 0.25) is 10.0 Å².